The predicted octanol–water partition coefficient (Wildman–Crippen LogP) is 2.14. The maximum absolute atomic E-state index is 4.34. The third-order valence-electron chi connectivity index (χ3n) is 3.20. The Labute approximate surface area is 107 Å². The van der Waals surface area contributed by atoms with Crippen LogP contribution in [0.1, 0.15) is 29.8 Å². The summed E-state index contributed by atoms with van der Waals surface area (Å²) in [6, 6.07) is 7.14. The van der Waals surface area contributed by atoms with E-state index >= 15 is 0 Å². The van der Waals surface area contributed by atoms with Gasteiger partial charge < -0.3 is 5.32 Å². The van der Waals surface area contributed by atoms with Crippen LogP contribution < -0.4 is 5.32 Å². The molecule has 0 amide bonds. The summed E-state index contributed by atoms with van der Waals surface area (Å²) in [6.45, 7) is 5.00. The van der Waals surface area contributed by atoms with E-state index in [1.807, 2.05) is 4.68 Å². The van der Waals surface area contributed by atoms with Gasteiger partial charge in [0.2, 0.25) is 0 Å². The summed E-state index contributed by atoms with van der Waals surface area (Å²) in [5.74, 6) is 0.979. The number of hydrogen-bond acceptors (Lipinski definition) is 3. The fourth-order valence-corrected chi connectivity index (χ4v) is 2.20. The van der Waals surface area contributed by atoms with Gasteiger partial charge in [-0.2, -0.15) is 5.10 Å². The lowest BCUT2D eigenvalue weighted by Gasteiger charge is -2.08. The quantitative estimate of drug-likeness (QED) is 0.893. The van der Waals surface area contributed by atoms with Gasteiger partial charge in [-0.25, -0.2) is 9.67 Å². The predicted molar refractivity (Wildman–Crippen MR) is 70.7 cm³/mol. The summed E-state index contributed by atoms with van der Waals surface area (Å²) < 4.78 is 1.93. The van der Waals surface area contributed by atoms with Crippen molar-refractivity contribution in [2.24, 2.45) is 0 Å². The Kier molecular flexibility index (Phi) is 2.88. The van der Waals surface area contributed by atoms with E-state index in [0.717, 1.165) is 18.1 Å². The molecule has 0 spiro atoms. The number of hydrogen-bond donors (Lipinski definition) is 1. The van der Waals surface area contributed by atoms with Crippen molar-refractivity contribution in [3.05, 3.63) is 41.5 Å². The molecule has 1 fully saturated rings. The number of aromatic nitrogens is 3. The van der Waals surface area contributed by atoms with Gasteiger partial charge in [0.15, 0.2) is 0 Å². The molecule has 0 bridgehead atoms. The highest BCUT2D eigenvalue weighted by atomic mass is 15.3. The van der Waals surface area contributed by atoms with Crippen LogP contribution in [0.3, 0.4) is 0 Å². The Hall–Kier alpha value is -1.68. The molecule has 1 N–H and O–H groups in total. The molecule has 1 heterocycles. The van der Waals surface area contributed by atoms with E-state index in [4.69, 9.17) is 0 Å². The van der Waals surface area contributed by atoms with E-state index in [1.54, 1.807) is 6.33 Å². The van der Waals surface area contributed by atoms with Crippen molar-refractivity contribution in [1.82, 2.24) is 20.1 Å². The minimum atomic E-state index is 0.689. The minimum absolute atomic E-state index is 0.689. The highest BCUT2D eigenvalue weighted by Gasteiger charge is 2.21. The van der Waals surface area contributed by atoms with E-state index in [0.29, 0.717) is 6.04 Å². The molecule has 0 saturated heterocycles. The number of benzene rings is 1. The Bertz CT molecular complexity index is 534. The molecule has 0 unspecified atom stereocenters. The zero-order valence-corrected chi connectivity index (χ0v) is 10.8. The third-order valence-corrected chi connectivity index (χ3v) is 3.20. The highest BCUT2D eigenvalue weighted by molar-refractivity contribution is 5.39. The molecule has 1 saturated carbocycles. The first-order chi connectivity index (χ1) is 8.72. The van der Waals surface area contributed by atoms with Crippen molar-refractivity contribution in [3.63, 3.8) is 0 Å². The van der Waals surface area contributed by atoms with E-state index in [9.17, 15) is 0 Å². The maximum atomic E-state index is 4.34. The van der Waals surface area contributed by atoms with Gasteiger partial charge in [-0.1, -0.05) is 6.07 Å². The summed E-state index contributed by atoms with van der Waals surface area (Å²) >= 11 is 0. The molecule has 0 aliphatic heterocycles. The average molecular weight is 242 g/mol. The molecular formula is C14H18N4. The molecule has 2 aromatic rings. The number of nitrogens with zero attached hydrogens (tertiary/aromatic N) is 3. The van der Waals surface area contributed by atoms with Crippen LogP contribution in [0.5, 0.6) is 0 Å². The van der Waals surface area contributed by atoms with Crippen LogP contribution >= 0.6 is 0 Å². The van der Waals surface area contributed by atoms with Crippen molar-refractivity contribution < 1.29 is 0 Å². The summed E-state index contributed by atoms with van der Waals surface area (Å²) in [6.07, 6.45) is 4.21. The molecule has 4 heteroatoms. The van der Waals surface area contributed by atoms with Gasteiger partial charge in [0, 0.05) is 6.04 Å². The Morgan fingerprint density at radius 1 is 1.22 bits per heavy atom. The van der Waals surface area contributed by atoms with E-state index in [-0.39, 0.29) is 0 Å². The third kappa shape index (κ3) is 2.43. The fourth-order valence-electron chi connectivity index (χ4n) is 2.20. The largest absolute Gasteiger partial charge is 0.307 e. The van der Waals surface area contributed by atoms with Crippen LogP contribution in [0.25, 0.3) is 5.69 Å². The highest BCUT2D eigenvalue weighted by Crippen LogP contribution is 2.19. The van der Waals surface area contributed by atoms with Crippen molar-refractivity contribution in [1.29, 1.82) is 0 Å². The SMILES string of the molecule is Cc1cc(C)cc(-n2ncnc2CNC2CC2)c1. The number of aryl methyl sites for hydroxylation is 2. The Morgan fingerprint density at radius 2 is 1.94 bits per heavy atom. The van der Waals surface area contributed by atoms with E-state index in [1.165, 1.54) is 24.0 Å². The van der Waals surface area contributed by atoms with Gasteiger partial charge in [-0.05, 0) is 49.9 Å². The van der Waals surface area contributed by atoms with Crippen LogP contribution in [0, 0.1) is 13.8 Å². The standard InChI is InChI=1S/C14H18N4/c1-10-5-11(2)7-13(6-10)18-14(16-9-17-18)8-15-12-3-4-12/h5-7,9,12,15H,3-4,8H2,1-2H3. The van der Waals surface area contributed by atoms with Crippen LogP contribution in [-0.4, -0.2) is 20.8 Å². The second-order valence-corrected chi connectivity index (χ2v) is 5.09. The monoisotopic (exact) mass is 242 g/mol. The van der Waals surface area contributed by atoms with Crippen LogP contribution in [0.2, 0.25) is 0 Å². The molecule has 0 atom stereocenters. The molecule has 1 aromatic carbocycles. The maximum Gasteiger partial charge on any atom is 0.146 e. The second-order valence-electron chi connectivity index (χ2n) is 5.09. The van der Waals surface area contributed by atoms with Crippen LogP contribution in [0.4, 0.5) is 0 Å². The molecule has 1 aromatic heterocycles. The lowest BCUT2D eigenvalue weighted by Crippen LogP contribution is -2.18. The molecule has 4 nitrogen and oxygen atoms in total. The molecule has 18 heavy (non-hydrogen) atoms. The van der Waals surface area contributed by atoms with Crippen molar-refractivity contribution in [2.45, 2.75) is 39.3 Å². The smallest absolute Gasteiger partial charge is 0.146 e. The molecule has 1 aliphatic carbocycles. The van der Waals surface area contributed by atoms with Crippen molar-refractivity contribution in [3.8, 4) is 5.69 Å². The number of rotatable bonds is 4. The summed E-state index contributed by atoms with van der Waals surface area (Å²) in [4.78, 5) is 4.34. The Balaban J connectivity index is 1.87. The van der Waals surface area contributed by atoms with E-state index < -0.39 is 0 Å². The lowest BCUT2D eigenvalue weighted by molar-refractivity contribution is 0.637. The normalized spacial score (nSPS) is 15.0. The summed E-state index contributed by atoms with van der Waals surface area (Å²) in [5, 5.41) is 7.81. The number of nitrogens with one attached hydrogen (secondary N) is 1. The minimum Gasteiger partial charge on any atom is -0.307 e. The molecule has 94 valence electrons. The van der Waals surface area contributed by atoms with Gasteiger partial charge in [-0.15, -0.1) is 0 Å². The molecule has 1 aliphatic rings. The lowest BCUT2D eigenvalue weighted by atomic mass is 10.1. The van der Waals surface area contributed by atoms with Crippen molar-refractivity contribution in [2.75, 3.05) is 0 Å². The van der Waals surface area contributed by atoms with Crippen LogP contribution in [0.15, 0.2) is 24.5 Å². The molecule has 0 radical (unpaired) electrons. The fraction of sp³-hybridized carbons (Fsp3) is 0.429. The van der Waals surface area contributed by atoms with Gasteiger partial charge in [0.25, 0.3) is 0 Å². The summed E-state index contributed by atoms with van der Waals surface area (Å²) in [7, 11) is 0. The topological polar surface area (TPSA) is 42.7 Å². The van der Waals surface area contributed by atoms with Crippen LogP contribution in [-0.2, 0) is 6.54 Å². The Morgan fingerprint density at radius 3 is 2.61 bits per heavy atom. The van der Waals surface area contributed by atoms with Gasteiger partial charge in [0.05, 0.1) is 12.2 Å². The first-order valence-electron chi connectivity index (χ1n) is 6.43. The zero-order chi connectivity index (χ0) is 12.5. The average Bonchev–Trinajstić information content (AvgIpc) is 3.02. The van der Waals surface area contributed by atoms with E-state index in [2.05, 4.69) is 47.4 Å². The van der Waals surface area contributed by atoms with Crippen molar-refractivity contribution >= 4 is 0 Å². The van der Waals surface area contributed by atoms with Gasteiger partial charge in [-0.3, -0.25) is 0 Å². The summed E-state index contributed by atoms with van der Waals surface area (Å²) in [5.41, 5.74) is 3.60. The molecule has 3 rings (SSSR count). The first-order valence-corrected chi connectivity index (χ1v) is 6.43. The zero-order valence-electron chi connectivity index (χ0n) is 10.8. The van der Waals surface area contributed by atoms with Gasteiger partial charge in [0.1, 0.15) is 12.2 Å². The molecular weight excluding hydrogens is 224 g/mol. The first kappa shape index (κ1) is 11.4. The van der Waals surface area contributed by atoms with Gasteiger partial charge >= 0.3 is 0 Å². The second kappa shape index (κ2) is 4.53.